The van der Waals surface area contributed by atoms with Crippen LogP contribution < -0.4 is 5.32 Å². The Labute approximate surface area is 115 Å². The Morgan fingerprint density at radius 1 is 1.50 bits per heavy atom. The van der Waals surface area contributed by atoms with Gasteiger partial charge in [0.1, 0.15) is 5.82 Å². The van der Waals surface area contributed by atoms with E-state index in [0.29, 0.717) is 24.0 Å². The van der Waals surface area contributed by atoms with Gasteiger partial charge in [-0.15, -0.1) is 0 Å². The van der Waals surface area contributed by atoms with Crippen LogP contribution in [0.2, 0.25) is 0 Å². The van der Waals surface area contributed by atoms with Crippen molar-refractivity contribution in [3.8, 4) is 0 Å². The molecule has 0 spiro atoms. The van der Waals surface area contributed by atoms with Crippen LogP contribution in [0.4, 0.5) is 14.9 Å². The quantitative estimate of drug-likeness (QED) is 0.884. The van der Waals surface area contributed by atoms with Crippen LogP contribution >= 0.6 is 0 Å². The Kier molecular flexibility index (Phi) is 3.14. The van der Waals surface area contributed by atoms with Crippen LogP contribution in [0.25, 0.3) is 10.9 Å². The van der Waals surface area contributed by atoms with E-state index in [1.165, 1.54) is 17.2 Å². The van der Waals surface area contributed by atoms with Gasteiger partial charge in [-0.25, -0.2) is 9.18 Å². The highest BCUT2D eigenvalue weighted by Gasteiger charge is 2.25. The smallest absolute Gasteiger partial charge is 0.407 e. The molecule has 1 saturated heterocycles. The summed E-state index contributed by atoms with van der Waals surface area (Å²) >= 11 is 0. The average Bonchev–Trinajstić information content (AvgIpc) is 2.88. The number of benzene rings is 1. The maximum Gasteiger partial charge on any atom is 0.407 e. The van der Waals surface area contributed by atoms with Gasteiger partial charge in [0.25, 0.3) is 0 Å². The zero-order valence-electron chi connectivity index (χ0n) is 10.7. The third kappa shape index (κ3) is 2.36. The van der Waals surface area contributed by atoms with Crippen LogP contribution in [0, 0.1) is 5.82 Å². The molecular weight excluding hydrogens is 261 g/mol. The molecule has 1 amide bonds. The van der Waals surface area contributed by atoms with Gasteiger partial charge in [0, 0.05) is 30.2 Å². The Morgan fingerprint density at radius 2 is 2.35 bits per heavy atom. The van der Waals surface area contributed by atoms with Crippen molar-refractivity contribution in [1.29, 1.82) is 0 Å². The molecule has 1 fully saturated rings. The standard InChI is InChI=1S/C14H14FN3O2/c15-9-6-11-12(16-7-9)2-1-3-13(11)17-10-4-5-18(8-10)14(19)20/h1-3,6-7,10,17H,4-5,8H2,(H,19,20). The van der Waals surface area contributed by atoms with Gasteiger partial charge < -0.3 is 15.3 Å². The minimum absolute atomic E-state index is 0.0416. The molecule has 2 aromatic rings. The number of amides is 1. The number of pyridine rings is 1. The molecule has 0 aliphatic carbocycles. The molecule has 1 aromatic carbocycles. The molecule has 20 heavy (non-hydrogen) atoms. The summed E-state index contributed by atoms with van der Waals surface area (Å²) in [5.74, 6) is -0.384. The van der Waals surface area contributed by atoms with E-state index in [-0.39, 0.29) is 11.9 Å². The van der Waals surface area contributed by atoms with E-state index in [1.54, 1.807) is 0 Å². The Balaban J connectivity index is 1.85. The lowest BCUT2D eigenvalue weighted by Gasteiger charge is -2.16. The highest BCUT2D eigenvalue weighted by molar-refractivity contribution is 5.91. The highest BCUT2D eigenvalue weighted by Crippen LogP contribution is 2.25. The van der Waals surface area contributed by atoms with Crippen molar-refractivity contribution >= 4 is 22.7 Å². The van der Waals surface area contributed by atoms with Gasteiger partial charge >= 0.3 is 6.09 Å². The number of rotatable bonds is 2. The second-order valence-electron chi connectivity index (χ2n) is 4.88. The summed E-state index contributed by atoms with van der Waals surface area (Å²) in [7, 11) is 0. The van der Waals surface area contributed by atoms with Crippen LogP contribution in [0.3, 0.4) is 0 Å². The SMILES string of the molecule is O=C(O)N1CCC(Nc2cccc3ncc(F)cc23)C1. The fourth-order valence-electron chi connectivity index (χ4n) is 2.52. The van der Waals surface area contributed by atoms with E-state index >= 15 is 0 Å². The molecule has 0 bridgehead atoms. The summed E-state index contributed by atoms with van der Waals surface area (Å²) in [5, 5.41) is 12.9. The van der Waals surface area contributed by atoms with Crippen LogP contribution in [0.1, 0.15) is 6.42 Å². The molecule has 2 N–H and O–H groups in total. The number of hydrogen-bond donors (Lipinski definition) is 2. The monoisotopic (exact) mass is 275 g/mol. The predicted octanol–water partition coefficient (Wildman–Crippen LogP) is 2.54. The number of aromatic nitrogens is 1. The first kappa shape index (κ1) is 12.7. The number of hydrogen-bond acceptors (Lipinski definition) is 3. The molecule has 0 radical (unpaired) electrons. The van der Waals surface area contributed by atoms with Gasteiger partial charge in [-0.3, -0.25) is 4.98 Å². The third-order valence-corrected chi connectivity index (χ3v) is 3.51. The first-order valence-electron chi connectivity index (χ1n) is 6.42. The summed E-state index contributed by atoms with van der Waals surface area (Å²) in [6, 6.07) is 7.00. The molecule has 6 heteroatoms. The molecule has 3 rings (SSSR count). The average molecular weight is 275 g/mol. The van der Waals surface area contributed by atoms with Crippen molar-refractivity contribution in [3.05, 3.63) is 36.3 Å². The lowest BCUT2D eigenvalue weighted by molar-refractivity contribution is 0.155. The van der Waals surface area contributed by atoms with Crippen LogP contribution in [0.5, 0.6) is 0 Å². The lowest BCUT2D eigenvalue weighted by Crippen LogP contribution is -2.30. The van der Waals surface area contributed by atoms with Crippen molar-refractivity contribution in [2.24, 2.45) is 0 Å². The topological polar surface area (TPSA) is 65.5 Å². The van der Waals surface area contributed by atoms with E-state index in [2.05, 4.69) is 10.3 Å². The molecule has 1 aliphatic heterocycles. The fourth-order valence-corrected chi connectivity index (χ4v) is 2.52. The van der Waals surface area contributed by atoms with Crippen molar-refractivity contribution in [2.45, 2.75) is 12.5 Å². The van der Waals surface area contributed by atoms with Crippen molar-refractivity contribution in [1.82, 2.24) is 9.88 Å². The largest absolute Gasteiger partial charge is 0.465 e. The van der Waals surface area contributed by atoms with Crippen LogP contribution in [-0.4, -0.2) is 40.2 Å². The summed E-state index contributed by atoms with van der Waals surface area (Å²) in [4.78, 5) is 16.3. The second-order valence-corrected chi connectivity index (χ2v) is 4.88. The van der Waals surface area contributed by atoms with E-state index < -0.39 is 6.09 Å². The zero-order valence-corrected chi connectivity index (χ0v) is 10.7. The highest BCUT2D eigenvalue weighted by atomic mass is 19.1. The van der Waals surface area contributed by atoms with Crippen molar-refractivity contribution in [3.63, 3.8) is 0 Å². The molecule has 0 saturated carbocycles. The van der Waals surface area contributed by atoms with Gasteiger partial charge in [0.15, 0.2) is 0 Å². The predicted molar refractivity (Wildman–Crippen MR) is 73.3 cm³/mol. The number of nitrogens with zero attached hydrogens (tertiary/aromatic N) is 2. The number of halogens is 1. The third-order valence-electron chi connectivity index (χ3n) is 3.51. The van der Waals surface area contributed by atoms with Gasteiger partial charge in [-0.1, -0.05) is 6.07 Å². The lowest BCUT2D eigenvalue weighted by atomic mass is 10.1. The van der Waals surface area contributed by atoms with Gasteiger partial charge in [0.05, 0.1) is 11.7 Å². The maximum atomic E-state index is 13.3. The molecule has 1 atom stereocenters. The number of anilines is 1. The van der Waals surface area contributed by atoms with Gasteiger partial charge in [-0.2, -0.15) is 0 Å². The van der Waals surface area contributed by atoms with Crippen LogP contribution in [-0.2, 0) is 0 Å². The Hall–Kier alpha value is -2.37. The van der Waals surface area contributed by atoms with E-state index in [1.807, 2.05) is 18.2 Å². The van der Waals surface area contributed by atoms with Crippen molar-refractivity contribution in [2.75, 3.05) is 18.4 Å². The normalized spacial score (nSPS) is 18.4. The number of carboxylic acid groups (broad SMARTS) is 1. The Bertz CT molecular complexity index is 662. The van der Waals surface area contributed by atoms with Gasteiger partial charge in [-0.05, 0) is 24.6 Å². The van der Waals surface area contributed by atoms with E-state index in [0.717, 1.165) is 12.1 Å². The molecule has 1 aromatic heterocycles. The molecule has 1 unspecified atom stereocenters. The zero-order chi connectivity index (χ0) is 14.1. The molecule has 2 heterocycles. The second kappa shape index (κ2) is 4.96. The number of carbonyl (C=O) groups is 1. The minimum Gasteiger partial charge on any atom is -0.465 e. The summed E-state index contributed by atoms with van der Waals surface area (Å²) in [6.07, 6.45) is 1.03. The summed E-state index contributed by atoms with van der Waals surface area (Å²) in [6.45, 7) is 0.957. The number of fused-ring (bicyclic) bond motifs is 1. The first-order chi connectivity index (χ1) is 9.63. The molecular formula is C14H14FN3O2. The fraction of sp³-hybridized carbons (Fsp3) is 0.286. The molecule has 1 aliphatic rings. The molecule has 5 nitrogen and oxygen atoms in total. The van der Waals surface area contributed by atoms with Gasteiger partial charge in [0.2, 0.25) is 0 Å². The summed E-state index contributed by atoms with van der Waals surface area (Å²) < 4.78 is 13.3. The van der Waals surface area contributed by atoms with Crippen LogP contribution in [0.15, 0.2) is 30.5 Å². The Morgan fingerprint density at radius 3 is 3.10 bits per heavy atom. The first-order valence-corrected chi connectivity index (χ1v) is 6.42. The van der Waals surface area contributed by atoms with E-state index in [4.69, 9.17) is 5.11 Å². The summed E-state index contributed by atoms with van der Waals surface area (Å²) in [5.41, 5.74) is 1.50. The maximum absolute atomic E-state index is 13.3. The molecule has 104 valence electrons. The van der Waals surface area contributed by atoms with Crippen molar-refractivity contribution < 1.29 is 14.3 Å². The number of likely N-dealkylation sites (tertiary alicyclic amines) is 1. The number of nitrogens with one attached hydrogen (secondary N) is 1. The minimum atomic E-state index is -0.903. The van der Waals surface area contributed by atoms with E-state index in [9.17, 15) is 9.18 Å².